The Morgan fingerprint density at radius 2 is 1.91 bits per heavy atom. The van der Waals surface area contributed by atoms with Crippen molar-refractivity contribution in [2.45, 2.75) is 20.3 Å². The Morgan fingerprint density at radius 3 is 2.48 bits per heavy atom. The first-order chi connectivity index (χ1) is 11.1. The minimum atomic E-state index is -0.194. The molecule has 0 bridgehead atoms. The number of nitrogens with zero attached hydrogens (tertiary/aromatic N) is 1. The molecule has 0 radical (unpaired) electrons. The molecule has 2 aromatic rings. The molecule has 0 atom stereocenters. The fourth-order valence-corrected chi connectivity index (χ4v) is 2.01. The zero-order valence-electron chi connectivity index (χ0n) is 13.8. The van der Waals surface area contributed by atoms with Crippen molar-refractivity contribution in [1.82, 2.24) is 4.98 Å². The van der Waals surface area contributed by atoms with Crippen molar-refractivity contribution in [2.75, 3.05) is 24.3 Å². The van der Waals surface area contributed by atoms with E-state index >= 15 is 0 Å². The highest BCUT2D eigenvalue weighted by Gasteiger charge is 2.07. The number of rotatable bonds is 7. The molecule has 1 heterocycles. The van der Waals surface area contributed by atoms with Crippen LogP contribution in [0, 0.1) is 5.92 Å². The third-order valence-electron chi connectivity index (χ3n) is 3.41. The van der Waals surface area contributed by atoms with Crippen LogP contribution in [-0.4, -0.2) is 24.5 Å². The lowest BCUT2D eigenvalue weighted by atomic mass is 10.1. The van der Waals surface area contributed by atoms with Crippen molar-refractivity contribution < 1.29 is 9.53 Å². The van der Waals surface area contributed by atoms with Crippen LogP contribution in [0.1, 0.15) is 30.6 Å². The van der Waals surface area contributed by atoms with Crippen LogP contribution in [-0.2, 0) is 0 Å². The molecular weight excluding hydrogens is 290 g/mol. The van der Waals surface area contributed by atoms with E-state index in [1.807, 2.05) is 6.07 Å². The number of carbonyl (C=O) groups is 1. The second kappa shape index (κ2) is 8.17. The highest BCUT2D eigenvalue weighted by molar-refractivity contribution is 6.03. The molecule has 0 spiro atoms. The molecular formula is C18H23N3O2. The first-order valence-corrected chi connectivity index (χ1v) is 7.74. The summed E-state index contributed by atoms with van der Waals surface area (Å²) in [5.74, 6) is 1.72. The molecule has 1 aromatic heterocycles. The lowest BCUT2D eigenvalue weighted by Gasteiger charge is -2.09. The smallest absolute Gasteiger partial charge is 0.256 e. The summed E-state index contributed by atoms with van der Waals surface area (Å²) in [5, 5.41) is 6.09. The Kier molecular flexibility index (Phi) is 5.97. The molecule has 1 aromatic carbocycles. The van der Waals surface area contributed by atoms with Gasteiger partial charge in [0.15, 0.2) is 0 Å². The highest BCUT2D eigenvalue weighted by Crippen LogP contribution is 2.14. The van der Waals surface area contributed by atoms with E-state index in [1.165, 1.54) is 0 Å². The van der Waals surface area contributed by atoms with Crippen LogP contribution >= 0.6 is 0 Å². The fraction of sp³-hybridized carbons (Fsp3) is 0.333. The topological polar surface area (TPSA) is 63.2 Å². The number of hydrogen-bond acceptors (Lipinski definition) is 4. The van der Waals surface area contributed by atoms with Gasteiger partial charge in [0.05, 0.1) is 19.0 Å². The number of anilines is 2. The largest absolute Gasteiger partial charge is 0.497 e. The van der Waals surface area contributed by atoms with Gasteiger partial charge in [-0.05, 0) is 48.7 Å². The standard InChI is InChI=1S/C18H23N3O2/c1-13(2)10-11-19-15-6-9-17(20-12-15)21-18(22)14-4-7-16(23-3)8-5-14/h4-9,12-13,19H,10-11H2,1-3H3,(H,20,21,22). The fourth-order valence-electron chi connectivity index (χ4n) is 2.01. The Hall–Kier alpha value is -2.56. The van der Waals surface area contributed by atoms with E-state index < -0.39 is 0 Å². The van der Waals surface area contributed by atoms with Crippen molar-refractivity contribution >= 4 is 17.4 Å². The first-order valence-electron chi connectivity index (χ1n) is 7.74. The maximum atomic E-state index is 12.1. The van der Waals surface area contributed by atoms with Crippen LogP contribution in [0.15, 0.2) is 42.6 Å². The molecule has 0 aliphatic rings. The third-order valence-corrected chi connectivity index (χ3v) is 3.41. The van der Waals surface area contributed by atoms with Gasteiger partial charge in [-0.3, -0.25) is 4.79 Å². The Balaban J connectivity index is 1.90. The number of aromatic nitrogens is 1. The predicted octanol–water partition coefficient (Wildman–Crippen LogP) is 3.80. The number of amides is 1. The first kappa shape index (κ1) is 16.8. The number of nitrogens with one attached hydrogen (secondary N) is 2. The lowest BCUT2D eigenvalue weighted by molar-refractivity contribution is 0.102. The Bertz CT molecular complexity index is 622. The number of methoxy groups -OCH3 is 1. The second-order valence-corrected chi connectivity index (χ2v) is 5.72. The van der Waals surface area contributed by atoms with Crippen LogP contribution < -0.4 is 15.4 Å². The van der Waals surface area contributed by atoms with Gasteiger partial charge in [-0.25, -0.2) is 4.98 Å². The Morgan fingerprint density at radius 1 is 1.17 bits per heavy atom. The second-order valence-electron chi connectivity index (χ2n) is 5.72. The van der Waals surface area contributed by atoms with E-state index in [2.05, 4.69) is 29.5 Å². The van der Waals surface area contributed by atoms with Gasteiger partial charge in [-0.15, -0.1) is 0 Å². The van der Waals surface area contributed by atoms with Crippen LogP contribution in [0.3, 0.4) is 0 Å². The van der Waals surface area contributed by atoms with E-state index in [4.69, 9.17) is 4.74 Å². The number of carbonyl (C=O) groups excluding carboxylic acids is 1. The van der Waals surface area contributed by atoms with E-state index in [9.17, 15) is 4.79 Å². The molecule has 5 nitrogen and oxygen atoms in total. The molecule has 2 N–H and O–H groups in total. The summed E-state index contributed by atoms with van der Waals surface area (Å²) in [6.45, 7) is 5.30. The summed E-state index contributed by atoms with van der Waals surface area (Å²) in [6.07, 6.45) is 2.83. The van der Waals surface area contributed by atoms with Gasteiger partial charge >= 0.3 is 0 Å². The minimum absolute atomic E-state index is 0.194. The molecule has 122 valence electrons. The van der Waals surface area contributed by atoms with Gasteiger partial charge in [0.2, 0.25) is 0 Å². The number of ether oxygens (including phenoxy) is 1. The van der Waals surface area contributed by atoms with Crippen LogP contribution in [0.2, 0.25) is 0 Å². The normalized spacial score (nSPS) is 10.4. The summed E-state index contributed by atoms with van der Waals surface area (Å²) in [7, 11) is 1.59. The number of benzene rings is 1. The summed E-state index contributed by atoms with van der Waals surface area (Å²) in [6, 6.07) is 10.6. The van der Waals surface area contributed by atoms with E-state index in [1.54, 1.807) is 43.6 Å². The maximum absolute atomic E-state index is 12.1. The average molecular weight is 313 g/mol. The summed E-state index contributed by atoms with van der Waals surface area (Å²) >= 11 is 0. The number of pyridine rings is 1. The van der Waals surface area contributed by atoms with Crippen molar-refractivity contribution in [2.24, 2.45) is 5.92 Å². The molecule has 2 rings (SSSR count). The minimum Gasteiger partial charge on any atom is -0.497 e. The van der Waals surface area contributed by atoms with Crippen molar-refractivity contribution in [1.29, 1.82) is 0 Å². The van der Waals surface area contributed by atoms with Gasteiger partial charge in [0.25, 0.3) is 5.91 Å². The monoisotopic (exact) mass is 313 g/mol. The van der Waals surface area contributed by atoms with Gasteiger partial charge in [-0.1, -0.05) is 13.8 Å². The molecule has 23 heavy (non-hydrogen) atoms. The van der Waals surface area contributed by atoms with Crippen molar-refractivity contribution in [3.63, 3.8) is 0 Å². The lowest BCUT2D eigenvalue weighted by Crippen LogP contribution is -2.13. The van der Waals surface area contributed by atoms with Gasteiger partial charge in [0.1, 0.15) is 11.6 Å². The summed E-state index contributed by atoms with van der Waals surface area (Å²) in [4.78, 5) is 16.4. The highest BCUT2D eigenvalue weighted by atomic mass is 16.5. The van der Waals surface area contributed by atoms with Gasteiger partial charge in [0, 0.05) is 12.1 Å². The van der Waals surface area contributed by atoms with Crippen LogP contribution in [0.25, 0.3) is 0 Å². The molecule has 0 saturated carbocycles. The molecule has 0 unspecified atom stereocenters. The molecule has 0 saturated heterocycles. The van der Waals surface area contributed by atoms with Gasteiger partial charge < -0.3 is 15.4 Å². The molecule has 0 aliphatic heterocycles. The van der Waals surface area contributed by atoms with E-state index in [0.717, 1.165) is 24.4 Å². The Labute approximate surface area is 137 Å². The predicted molar refractivity (Wildman–Crippen MR) is 93.1 cm³/mol. The van der Waals surface area contributed by atoms with Crippen LogP contribution in [0.5, 0.6) is 5.75 Å². The zero-order valence-corrected chi connectivity index (χ0v) is 13.8. The van der Waals surface area contributed by atoms with Gasteiger partial charge in [-0.2, -0.15) is 0 Å². The van der Waals surface area contributed by atoms with Crippen LogP contribution in [0.4, 0.5) is 11.5 Å². The summed E-state index contributed by atoms with van der Waals surface area (Å²) in [5.41, 5.74) is 1.51. The maximum Gasteiger partial charge on any atom is 0.256 e. The molecule has 1 amide bonds. The quantitative estimate of drug-likeness (QED) is 0.816. The van der Waals surface area contributed by atoms with Crippen molar-refractivity contribution in [3.8, 4) is 5.75 Å². The zero-order chi connectivity index (χ0) is 16.7. The number of hydrogen-bond donors (Lipinski definition) is 2. The molecule has 0 aliphatic carbocycles. The molecule has 0 fully saturated rings. The van der Waals surface area contributed by atoms with E-state index in [0.29, 0.717) is 17.3 Å². The van der Waals surface area contributed by atoms with Crippen molar-refractivity contribution in [3.05, 3.63) is 48.2 Å². The SMILES string of the molecule is COc1ccc(C(=O)Nc2ccc(NCCC(C)C)cn2)cc1. The summed E-state index contributed by atoms with van der Waals surface area (Å²) < 4.78 is 5.08. The third kappa shape index (κ3) is 5.29. The average Bonchev–Trinajstić information content (AvgIpc) is 2.56. The van der Waals surface area contributed by atoms with E-state index in [-0.39, 0.29) is 5.91 Å². The molecule has 5 heteroatoms.